The second kappa shape index (κ2) is 9.64. The molecule has 1 saturated heterocycles. The van der Waals surface area contributed by atoms with Crippen LogP contribution in [-0.4, -0.2) is 60.9 Å². The Morgan fingerprint density at radius 1 is 1.21 bits per heavy atom. The van der Waals surface area contributed by atoms with Crippen LogP contribution in [0.3, 0.4) is 0 Å². The quantitative estimate of drug-likeness (QED) is 0.677. The van der Waals surface area contributed by atoms with Gasteiger partial charge in [-0.2, -0.15) is 28.4 Å². The maximum Gasteiger partial charge on any atom is 0.422 e. The van der Waals surface area contributed by atoms with Gasteiger partial charge in [-0.25, -0.2) is 0 Å². The van der Waals surface area contributed by atoms with Crippen LogP contribution < -0.4 is 15.0 Å². The number of benzene rings is 1. The molecule has 8 nitrogen and oxygen atoms in total. The molecule has 3 heterocycles. The van der Waals surface area contributed by atoms with Crippen LogP contribution in [-0.2, 0) is 22.3 Å². The molecular weight excluding hydrogens is 451 g/mol. The maximum atomic E-state index is 12.9. The molecule has 0 saturated carbocycles. The van der Waals surface area contributed by atoms with Crippen molar-refractivity contribution >= 4 is 11.8 Å². The number of nitrogens with one attached hydrogen (secondary N) is 1. The van der Waals surface area contributed by atoms with Gasteiger partial charge in [0.15, 0.2) is 23.8 Å². The summed E-state index contributed by atoms with van der Waals surface area (Å²) in [6.45, 7) is 3.76. The summed E-state index contributed by atoms with van der Waals surface area (Å²) >= 11 is 0. The summed E-state index contributed by atoms with van der Waals surface area (Å²) < 4.78 is 54.8. The molecule has 34 heavy (non-hydrogen) atoms. The minimum atomic E-state index is -4.57. The van der Waals surface area contributed by atoms with Crippen molar-refractivity contribution in [1.29, 1.82) is 5.26 Å². The lowest BCUT2D eigenvalue weighted by Crippen LogP contribution is -2.30. The molecule has 182 valence electrons. The number of aromatic nitrogens is 2. The number of rotatable bonds is 6. The van der Waals surface area contributed by atoms with Gasteiger partial charge < -0.3 is 24.4 Å². The Labute approximate surface area is 195 Å². The van der Waals surface area contributed by atoms with Crippen molar-refractivity contribution in [3.8, 4) is 11.9 Å². The van der Waals surface area contributed by atoms with Crippen LogP contribution >= 0.6 is 0 Å². The molecule has 0 bridgehead atoms. The molecule has 1 unspecified atom stereocenters. The van der Waals surface area contributed by atoms with E-state index in [1.54, 1.807) is 13.8 Å². The lowest BCUT2D eigenvalue weighted by atomic mass is 10.0. The van der Waals surface area contributed by atoms with Crippen molar-refractivity contribution in [3.05, 3.63) is 41.0 Å². The van der Waals surface area contributed by atoms with Crippen LogP contribution in [0.4, 0.5) is 24.9 Å². The summed E-state index contributed by atoms with van der Waals surface area (Å²) in [7, 11) is 0. The molecule has 1 atom stereocenters. The van der Waals surface area contributed by atoms with E-state index < -0.39 is 24.5 Å². The lowest BCUT2D eigenvalue weighted by Gasteiger charge is -2.24. The van der Waals surface area contributed by atoms with Gasteiger partial charge in [0.05, 0.1) is 6.61 Å². The minimum absolute atomic E-state index is 0.0567. The molecule has 0 spiro atoms. The third-order valence-electron chi connectivity index (χ3n) is 5.62. The van der Waals surface area contributed by atoms with Crippen LogP contribution in [0.1, 0.15) is 30.5 Å². The van der Waals surface area contributed by atoms with Crippen LogP contribution in [0.25, 0.3) is 0 Å². The zero-order valence-electron chi connectivity index (χ0n) is 19.0. The number of alkyl halides is 3. The van der Waals surface area contributed by atoms with Gasteiger partial charge in [0.25, 0.3) is 0 Å². The summed E-state index contributed by atoms with van der Waals surface area (Å²) in [5, 5.41) is 12.8. The first-order chi connectivity index (χ1) is 16.1. The van der Waals surface area contributed by atoms with Crippen molar-refractivity contribution in [3.63, 3.8) is 0 Å². The Hall–Kier alpha value is -3.10. The molecule has 2 aliphatic rings. The van der Waals surface area contributed by atoms with Crippen LogP contribution in [0.15, 0.2) is 24.3 Å². The second-order valence-electron chi connectivity index (χ2n) is 8.65. The SMILES string of the molecule is CC1(C)OCC(CNc2nc(OCC(F)(F)F)c(C#N)c(N3CCc4ccccc4CC3)n2)O1. The molecule has 0 radical (unpaired) electrons. The van der Waals surface area contributed by atoms with E-state index in [4.69, 9.17) is 14.2 Å². The van der Waals surface area contributed by atoms with Crippen molar-refractivity contribution in [2.75, 3.05) is 43.1 Å². The normalized spacial score (nSPS) is 19.8. The third-order valence-corrected chi connectivity index (χ3v) is 5.62. The standard InChI is InChI=1S/C23H26F3N5O3/c1-22(2)33-13-17(34-22)12-28-21-29-19(18(11-27)20(30-21)32-14-23(24,25)26)31-9-7-15-5-3-4-6-16(15)8-10-31/h3-6,17H,7-10,12-14H2,1-2H3,(H,28,29,30). The number of ether oxygens (including phenoxy) is 3. The van der Waals surface area contributed by atoms with E-state index in [1.807, 2.05) is 23.1 Å². The summed E-state index contributed by atoms with van der Waals surface area (Å²) in [6, 6.07) is 10.0. The van der Waals surface area contributed by atoms with Gasteiger partial charge in [-0.3, -0.25) is 0 Å². The largest absolute Gasteiger partial charge is 0.467 e. The smallest absolute Gasteiger partial charge is 0.422 e. The highest BCUT2D eigenvalue weighted by molar-refractivity contribution is 5.61. The number of halogens is 3. The number of hydrogen-bond acceptors (Lipinski definition) is 8. The summed E-state index contributed by atoms with van der Waals surface area (Å²) in [4.78, 5) is 10.5. The van der Waals surface area contributed by atoms with E-state index in [2.05, 4.69) is 27.4 Å². The van der Waals surface area contributed by atoms with E-state index in [0.29, 0.717) is 19.7 Å². The number of hydrogen-bond donors (Lipinski definition) is 1. The summed E-state index contributed by atoms with van der Waals surface area (Å²) in [6.07, 6.45) is -3.43. The Balaban J connectivity index is 1.60. The number of nitriles is 1. The zero-order valence-corrected chi connectivity index (χ0v) is 19.0. The molecule has 0 aliphatic carbocycles. The average Bonchev–Trinajstić information content (AvgIpc) is 3.00. The molecule has 1 fully saturated rings. The predicted octanol–water partition coefficient (Wildman–Crippen LogP) is 3.46. The topological polar surface area (TPSA) is 92.5 Å². The molecule has 1 N–H and O–H groups in total. The fourth-order valence-corrected chi connectivity index (χ4v) is 4.04. The highest BCUT2D eigenvalue weighted by Crippen LogP contribution is 2.31. The van der Waals surface area contributed by atoms with E-state index in [1.165, 1.54) is 11.1 Å². The van der Waals surface area contributed by atoms with Gasteiger partial charge in [0.2, 0.25) is 11.8 Å². The second-order valence-corrected chi connectivity index (χ2v) is 8.65. The number of nitrogens with zero attached hydrogens (tertiary/aromatic N) is 4. The first-order valence-corrected chi connectivity index (χ1v) is 11.0. The van der Waals surface area contributed by atoms with Crippen LogP contribution in [0.5, 0.6) is 5.88 Å². The Kier molecular flexibility index (Phi) is 6.81. The average molecular weight is 477 g/mol. The highest BCUT2D eigenvalue weighted by Gasteiger charge is 2.33. The zero-order chi connectivity index (χ0) is 24.3. The molecule has 11 heteroatoms. The molecule has 2 aliphatic heterocycles. The fraction of sp³-hybridized carbons (Fsp3) is 0.522. The fourth-order valence-electron chi connectivity index (χ4n) is 4.04. The first kappa shape index (κ1) is 24.0. The summed E-state index contributed by atoms with van der Waals surface area (Å²) in [5.74, 6) is -0.821. The van der Waals surface area contributed by atoms with Gasteiger partial charge in [-0.15, -0.1) is 0 Å². The van der Waals surface area contributed by atoms with Crippen LogP contribution in [0, 0.1) is 11.3 Å². The van der Waals surface area contributed by atoms with E-state index in [-0.39, 0.29) is 30.0 Å². The molecule has 0 amide bonds. The van der Waals surface area contributed by atoms with Gasteiger partial charge in [0, 0.05) is 19.6 Å². The van der Waals surface area contributed by atoms with Crippen molar-refractivity contribution in [1.82, 2.24) is 9.97 Å². The lowest BCUT2D eigenvalue weighted by molar-refractivity contribution is -0.154. The van der Waals surface area contributed by atoms with Crippen molar-refractivity contribution in [2.45, 2.75) is 44.8 Å². The molecule has 1 aromatic carbocycles. The number of fused-ring (bicyclic) bond motifs is 1. The Bertz CT molecular complexity index is 1040. The van der Waals surface area contributed by atoms with E-state index in [9.17, 15) is 18.4 Å². The number of anilines is 2. The first-order valence-electron chi connectivity index (χ1n) is 11.0. The predicted molar refractivity (Wildman–Crippen MR) is 118 cm³/mol. The maximum absolute atomic E-state index is 12.9. The highest BCUT2D eigenvalue weighted by atomic mass is 19.4. The Morgan fingerprint density at radius 3 is 2.44 bits per heavy atom. The molecular formula is C23H26F3N5O3. The van der Waals surface area contributed by atoms with Gasteiger partial charge in [-0.05, 0) is 37.8 Å². The Morgan fingerprint density at radius 2 is 1.88 bits per heavy atom. The van der Waals surface area contributed by atoms with Crippen molar-refractivity contribution < 1.29 is 27.4 Å². The van der Waals surface area contributed by atoms with E-state index >= 15 is 0 Å². The van der Waals surface area contributed by atoms with E-state index in [0.717, 1.165) is 12.8 Å². The van der Waals surface area contributed by atoms with Crippen molar-refractivity contribution in [2.24, 2.45) is 0 Å². The van der Waals surface area contributed by atoms with Gasteiger partial charge in [0.1, 0.15) is 12.2 Å². The molecule has 2 aromatic rings. The molecule has 1 aromatic heterocycles. The monoisotopic (exact) mass is 477 g/mol. The third kappa shape index (κ3) is 5.87. The summed E-state index contributed by atoms with van der Waals surface area (Å²) in [5.41, 5.74) is 2.28. The van der Waals surface area contributed by atoms with Crippen LogP contribution in [0.2, 0.25) is 0 Å². The minimum Gasteiger partial charge on any atom is -0.467 e. The molecule has 4 rings (SSSR count). The van der Waals surface area contributed by atoms with Gasteiger partial charge in [-0.1, -0.05) is 24.3 Å². The van der Waals surface area contributed by atoms with Gasteiger partial charge >= 0.3 is 6.18 Å².